The Morgan fingerprint density at radius 1 is 1.12 bits per heavy atom. The van der Waals surface area contributed by atoms with Crippen LogP contribution in [0.1, 0.15) is 24.1 Å². The lowest BCUT2D eigenvalue weighted by molar-refractivity contribution is -0.121. The minimum Gasteiger partial charge on any atom is -0.351 e. The molecule has 5 nitrogen and oxygen atoms in total. The van der Waals surface area contributed by atoms with Crippen LogP contribution in [0.15, 0.2) is 54.6 Å². The third-order valence-electron chi connectivity index (χ3n) is 3.87. The molecule has 0 spiro atoms. The van der Waals surface area contributed by atoms with Gasteiger partial charge in [0.25, 0.3) is 0 Å². The fourth-order valence-corrected chi connectivity index (χ4v) is 3.72. The highest BCUT2D eigenvalue weighted by Crippen LogP contribution is 2.22. The maximum Gasteiger partial charge on any atom is 0.235 e. The lowest BCUT2D eigenvalue weighted by Crippen LogP contribution is -2.41. The summed E-state index contributed by atoms with van der Waals surface area (Å²) in [5.74, 6) is -0.381. The van der Waals surface area contributed by atoms with Gasteiger partial charge in [-0.1, -0.05) is 60.1 Å². The van der Waals surface area contributed by atoms with Crippen LogP contribution in [0.4, 0.5) is 0 Å². The van der Waals surface area contributed by atoms with Crippen LogP contribution >= 0.6 is 11.6 Å². The van der Waals surface area contributed by atoms with Crippen molar-refractivity contribution >= 4 is 27.5 Å². The predicted molar refractivity (Wildman–Crippen MR) is 99.7 cm³/mol. The van der Waals surface area contributed by atoms with Gasteiger partial charge in [0.1, 0.15) is 0 Å². The highest BCUT2D eigenvalue weighted by Gasteiger charge is 2.26. The molecule has 0 saturated heterocycles. The van der Waals surface area contributed by atoms with E-state index in [9.17, 15) is 13.2 Å². The molecule has 0 aromatic heterocycles. The van der Waals surface area contributed by atoms with Crippen LogP contribution in [0.5, 0.6) is 0 Å². The van der Waals surface area contributed by atoms with Crippen molar-refractivity contribution in [2.45, 2.75) is 19.5 Å². The molecule has 0 heterocycles. The van der Waals surface area contributed by atoms with Crippen LogP contribution in [0.25, 0.3) is 0 Å². The van der Waals surface area contributed by atoms with Crippen molar-refractivity contribution in [1.29, 1.82) is 0 Å². The van der Waals surface area contributed by atoms with Crippen molar-refractivity contribution < 1.29 is 13.2 Å². The number of benzene rings is 2. The summed E-state index contributed by atoms with van der Waals surface area (Å²) >= 11 is 6.06. The number of carbonyl (C=O) groups is 1. The van der Waals surface area contributed by atoms with Crippen molar-refractivity contribution in [1.82, 2.24) is 9.62 Å². The number of nitrogens with zero attached hydrogens (tertiary/aromatic N) is 1. The number of rotatable bonds is 7. The normalized spacial score (nSPS) is 12.8. The molecule has 1 amide bonds. The first-order chi connectivity index (χ1) is 11.8. The summed E-state index contributed by atoms with van der Waals surface area (Å²) < 4.78 is 25.5. The third-order valence-corrected chi connectivity index (χ3v) is 5.54. The average Bonchev–Trinajstić information content (AvgIpc) is 2.58. The van der Waals surface area contributed by atoms with Gasteiger partial charge in [-0.15, -0.1) is 0 Å². The van der Waals surface area contributed by atoms with E-state index in [1.807, 2.05) is 42.5 Å². The molecule has 25 heavy (non-hydrogen) atoms. The Morgan fingerprint density at radius 3 is 2.32 bits per heavy atom. The first-order valence-corrected chi connectivity index (χ1v) is 10.0. The van der Waals surface area contributed by atoms with E-state index in [-0.39, 0.29) is 19.0 Å². The average molecular weight is 381 g/mol. The molecule has 0 aliphatic rings. The molecule has 134 valence electrons. The second kappa shape index (κ2) is 8.47. The first kappa shape index (κ1) is 19.4. The lowest BCUT2D eigenvalue weighted by atomic mass is 10.1. The Hall–Kier alpha value is -1.89. The maximum atomic E-state index is 12.3. The maximum absolute atomic E-state index is 12.3. The highest BCUT2D eigenvalue weighted by atomic mass is 35.5. The van der Waals surface area contributed by atoms with Crippen LogP contribution in [-0.4, -0.2) is 31.4 Å². The van der Waals surface area contributed by atoms with Crippen LogP contribution < -0.4 is 5.32 Å². The molecule has 0 fully saturated rings. The van der Waals surface area contributed by atoms with Gasteiger partial charge in [-0.05, 0) is 24.1 Å². The summed E-state index contributed by atoms with van der Waals surface area (Å²) in [5.41, 5.74) is 1.60. The van der Waals surface area contributed by atoms with E-state index in [0.29, 0.717) is 5.02 Å². The molecular formula is C18H21ClN2O3S. The topological polar surface area (TPSA) is 66.5 Å². The fraction of sp³-hybridized carbons (Fsp3) is 0.278. The summed E-state index contributed by atoms with van der Waals surface area (Å²) in [6, 6.07) is 15.9. The van der Waals surface area contributed by atoms with Gasteiger partial charge in [0, 0.05) is 17.6 Å². The van der Waals surface area contributed by atoms with Gasteiger partial charge in [-0.2, -0.15) is 4.31 Å². The van der Waals surface area contributed by atoms with Crippen LogP contribution in [-0.2, 0) is 21.4 Å². The van der Waals surface area contributed by atoms with Gasteiger partial charge >= 0.3 is 0 Å². The van der Waals surface area contributed by atoms with Crippen molar-refractivity contribution in [2.75, 3.05) is 12.8 Å². The largest absolute Gasteiger partial charge is 0.351 e. The van der Waals surface area contributed by atoms with Crippen LogP contribution in [0, 0.1) is 0 Å². The Kier molecular flexibility index (Phi) is 6.58. The number of amides is 1. The predicted octanol–water partition coefficient (Wildman–Crippen LogP) is 2.98. The molecule has 2 aromatic rings. The zero-order valence-electron chi connectivity index (χ0n) is 14.1. The Morgan fingerprint density at radius 2 is 1.72 bits per heavy atom. The molecule has 0 bridgehead atoms. The molecule has 0 radical (unpaired) electrons. The number of carbonyl (C=O) groups excluding carboxylic acids is 1. The summed E-state index contributed by atoms with van der Waals surface area (Å²) in [7, 11) is -3.55. The van der Waals surface area contributed by atoms with Crippen LogP contribution in [0.3, 0.4) is 0 Å². The zero-order valence-corrected chi connectivity index (χ0v) is 15.7. The smallest absolute Gasteiger partial charge is 0.235 e. The summed E-state index contributed by atoms with van der Waals surface area (Å²) in [6.45, 7) is 1.76. The molecule has 0 saturated carbocycles. The Balaban J connectivity index is 2.07. The second-order valence-corrected chi connectivity index (χ2v) is 8.11. The summed E-state index contributed by atoms with van der Waals surface area (Å²) in [6.07, 6.45) is 1.10. The van der Waals surface area contributed by atoms with E-state index in [1.54, 1.807) is 19.1 Å². The molecule has 0 aliphatic carbocycles. The molecule has 1 unspecified atom stereocenters. The minimum atomic E-state index is -3.55. The van der Waals surface area contributed by atoms with Crippen molar-refractivity contribution in [3.63, 3.8) is 0 Å². The second-order valence-electron chi connectivity index (χ2n) is 5.76. The molecule has 2 aromatic carbocycles. The van der Waals surface area contributed by atoms with E-state index in [1.165, 1.54) is 4.31 Å². The van der Waals surface area contributed by atoms with E-state index < -0.39 is 16.1 Å². The number of halogens is 1. The van der Waals surface area contributed by atoms with E-state index in [0.717, 1.165) is 17.4 Å². The minimum absolute atomic E-state index is 0.246. The molecule has 1 N–H and O–H groups in total. The highest BCUT2D eigenvalue weighted by molar-refractivity contribution is 7.88. The first-order valence-electron chi connectivity index (χ1n) is 7.81. The number of sulfonamides is 1. The summed E-state index contributed by atoms with van der Waals surface area (Å²) in [5, 5.41) is 3.28. The number of hydrogen-bond acceptors (Lipinski definition) is 3. The monoisotopic (exact) mass is 380 g/mol. The van der Waals surface area contributed by atoms with Crippen molar-refractivity contribution in [3.05, 3.63) is 70.7 Å². The SMILES string of the molecule is CC(c1ccccc1)N(CC(=O)NCc1ccccc1Cl)S(C)(=O)=O. The summed E-state index contributed by atoms with van der Waals surface area (Å²) in [4.78, 5) is 12.3. The number of nitrogens with one attached hydrogen (secondary N) is 1. The quantitative estimate of drug-likeness (QED) is 0.803. The molecule has 7 heteroatoms. The molecular weight excluding hydrogens is 360 g/mol. The molecule has 2 rings (SSSR count). The molecule has 0 aliphatic heterocycles. The van der Waals surface area contributed by atoms with Gasteiger partial charge in [-0.3, -0.25) is 4.79 Å². The number of hydrogen-bond donors (Lipinski definition) is 1. The van der Waals surface area contributed by atoms with Gasteiger partial charge in [0.15, 0.2) is 0 Å². The zero-order chi connectivity index (χ0) is 18.4. The lowest BCUT2D eigenvalue weighted by Gasteiger charge is -2.26. The van der Waals surface area contributed by atoms with Gasteiger partial charge in [-0.25, -0.2) is 8.42 Å². The van der Waals surface area contributed by atoms with Gasteiger partial charge in [0.2, 0.25) is 15.9 Å². The third kappa shape index (κ3) is 5.56. The van der Waals surface area contributed by atoms with E-state index >= 15 is 0 Å². The van der Waals surface area contributed by atoms with Crippen LogP contribution in [0.2, 0.25) is 5.02 Å². The Labute approximate surface area is 153 Å². The van der Waals surface area contributed by atoms with Crippen molar-refractivity contribution in [3.8, 4) is 0 Å². The van der Waals surface area contributed by atoms with Gasteiger partial charge in [0.05, 0.1) is 12.8 Å². The molecule has 1 atom stereocenters. The van der Waals surface area contributed by atoms with Crippen molar-refractivity contribution in [2.24, 2.45) is 0 Å². The standard InChI is InChI=1S/C18H21ClN2O3S/c1-14(15-8-4-3-5-9-15)21(25(2,23)24)13-18(22)20-12-16-10-6-7-11-17(16)19/h3-11,14H,12-13H2,1-2H3,(H,20,22). The van der Waals surface area contributed by atoms with E-state index in [4.69, 9.17) is 11.6 Å². The fourth-order valence-electron chi connectivity index (χ4n) is 2.47. The Bertz CT molecular complexity index is 825. The van der Waals surface area contributed by atoms with E-state index in [2.05, 4.69) is 5.32 Å². The van der Waals surface area contributed by atoms with Gasteiger partial charge < -0.3 is 5.32 Å².